The van der Waals surface area contributed by atoms with Gasteiger partial charge in [0.25, 0.3) is 0 Å². The topological polar surface area (TPSA) is 26.3 Å². The molecule has 0 rings (SSSR count). The van der Waals surface area contributed by atoms with Crippen molar-refractivity contribution in [3.8, 4) is 0 Å². The molecule has 0 spiro atoms. The van der Waals surface area contributed by atoms with Gasteiger partial charge in [-0.25, -0.2) is 4.79 Å². The summed E-state index contributed by atoms with van der Waals surface area (Å²) in [6.45, 7) is 6.17. The number of likely N-dealkylation sites (N-methyl/N-ethyl adjacent to an activating group) is 1. The van der Waals surface area contributed by atoms with Crippen LogP contribution < -0.4 is 0 Å². The van der Waals surface area contributed by atoms with Crippen molar-refractivity contribution >= 4 is 29.9 Å². The standard InChI is InChI=1S/C18H38NO2.HI/c1-5-7-8-9-10-11-12-13-14-15-16-19(3,4)17-18(20)21-6-2;/h5-17H2,1-4H3;1H/q+1;. The Kier molecular flexibility index (Phi) is 17.8. The molecule has 0 bridgehead atoms. The molecule has 3 nitrogen and oxygen atoms in total. The zero-order valence-corrected chi connectivity index (χ0v) is 17.7. The fourth-order valence-corrected chi connectivity index (χ4v) is 2.66. The molecule has 0 aliphatic rings. The molecule has 0 amide bonds. The predicted octanol–water partition coefficient (Wildman–Crippen LogP) is 5.16. The monoisotopic (exact) mass is 428 g/mol. The first-order valence-electron chi connectivity index (χ1n) is 8.99. The van der Waals surface area contributed by atoms with Gasteiger partial charge in [0.15, 0.2) is 6.54 Å². The van der Waals surface area contributed by atoms with Gasteiger partial charge in [-0.3, -0.25) is 0 Å². The van der Waals surface area contributed by atoms with Crippen LogP contribution in [0.5, 0.6) is 0 Å². The van der Waals surface area contributed by atoms with Crippen LogP contribution in [-0.2, 0) is 9.53 Å². The maximum absolute atomic E-state index is 11.5. The second-order valence-corrected chi connectivity index (χ2v) is 6.80. The first-order chi connectivity index (χ1) is 10.0. The van der Waals surface area contributed by atoms with Crippen molar-refractivity contribution in [3.05, 3.63) is 0 Å². The van der Waals surface area contributed by atoms with Gasteiger partial charge in [0.05, 0.1) is 27.2 Å². The Labute approximate surface area is 155 Å². The first-order valence-corrected chi connectivity index (χ1v) is 8.99. The number of esters is 1. The van der Waals surface area contributed by atoms with Crippen molar-refractivity contribution in [1.29, 1.82) is 0 Å². The SMILES string of the molecule is CCCCCCCCCCCC[N+](C)(C)CC(=O)OCC.I. The maximum Gasteiger partial charge on any atom is 0.361 e. The van der Waals surface area contributed by atoms with E-state index in [4.69, 9.17) is 4.74 Å². The van der Waals surface area contributed by atoms with Gasteiger partial charge in [0.1, 0.15) is 0 Å². The Morgan fingerprint density at radius 3 is 1.73 bits per heavy atom. The summed E-state index contributed by atoms with van der Waals surface area (Å²) in [7, 11) is 4.23. The van der Waals surface area contributed by atoms with E-state index >= 15 is 0 Å². The molecule has 0 heterocycles. The number of unbranched alkanes of at least 4 members (excludes halogenated alkanes) is 9. The summed E-state index contributed by atoms with van der Waals surface area (Å²) in [6.07, 6.45) is 13.6. The minimum absolute atomic E-state index is 0. The van der Waals surface area contributed by atoms with Gasteiger partial charge in [-0.05, 0) is 19.8 Å². The van der Waals surface area contributed by atoms with Crippen molar-refractivity contribution in [3.63, 3.8) is 0 Å². The molecule has 0 aromatic carbocycles. The van der Waals surface area contributed by atoms with Crippen LogP contribution in [0.2, 0.25) is 0 Å². The lowest BCUT2D eigenvalue weighted by Gasteiger charge is -2.28. The highest BCUT2D eigenvalue weighted by Gasteiger charge is 2.20. The van der Waals surface area contributed by atoms with Gasteiger partial charge in [-0.2, -0.15) is 0 Å². The van der Waals surface area contributed by atoms with E-state index < -0.39 is 0 Å². The quantitative estimate of drug-likeness (QED) is 0.165. The Bertz CT molecular complexity index is 257. The fourth-order valence-electron chi connectivity index (χ4n) is 2.66. The molecule has 4 heteroatoms. The Hall–Kier alpha value is 0.160. The summed E-state index contributed by atoms with van der Waals surface area (Å²) in [4.78, 5) is 11.5. The van der Waals surface area contributed by atoms with E-state index in [1.165, 1.54) is 64.2 Å². The van der Waals surface area contributed by atoms with Crippen molar-refractivity contribution in [2.24, 2.45) is 0 Å². The molecule has 0 aliphatic carbocycles. The summed E-state index contributed by atoms with van der Waals surface area (Å²) in [6, 6.07) is 0. The maximum atomic E-state index is 11.5. The zero-order chi connectivity index (χ0) is 16.0. The molecule has 0 saturated carbocycles. The summed E-state index contributed by atoms with van der Waals surface area (Å²) in [5, 5.41) is 0. The average molecular weight is 428 g/mol. The van der Waals surface area contributed by atoms with Crippen molar-refractivity contribution < 1.29 is 14.0 Å². The Morgan fingerprint density at radius 1 is 0.818 bits per heavy atom. The van der Waals surface area contributed by atoms with Gasteiger partial charge < -0.3 is 9.22 Å². The van der Waals surface area contributed by atoms with Crippen LogP contribution in [0.1, 0.15) is 78.1 Å². The smallest absolute Gasteiger partial charge is 0.361 e. The molecule has 0 aromatic rings. The van der Waals surface area contributed by atoms with E-state index in [2.05, 4.69) is 21.0 Å². The number of carbonyl (C=O) groups excluding carboxylic acids is 1. The minimum atomic E-state index is -0.0745. The average Bonchev–Trinajstić information content (AvgIpc) is 2.40. The van der Waals surface area contributed by atoms with Crippen LogP contribution in [0.4, 0.5) is 0 Å². The second-order valence-electron chi connectivity index (χ2n) is 6.80. The lowest BCUT2D eigenvalue weighted by atomic mass is 10.1. The summed E-state index contributed by atoms with van der Waals surface area (Å²) >= 11 is 0. The Morgan fingerprint density at radius 2 is 1.27 bits per heavy atom. The van der Waals surface area contributed by atoms with Crippen LogP contribution in [0, 0.1) is 0 Å². The fraction of sp³-hybridized carbons (Fsp3) is 0.944. The molecular weight excluding hydrogens is 389 g/mol. The van der Waals surface area contributed by atoms with E-state index in [0.717, 1.165) is 11.0 Å². The normalized spacial score (nSPS) is 11.1. The van der Waals surface area contributed by atoms with Crippen LogP contribution in [0.25, 0.3) is 0 Å². The number of quaternary nitrogens is 1. The summed E-state index contributed by atoms with van der Waals surface area (Å²) in [5.41, 5.74) is 0. The number of rotatable bonds is 14. The molecule has 0 radical (unpaired) electrons. The zero-order valence-electron chi connectivity index (χ0n) is 15.4. The molecule has 0 atom stereocenters. The van der Waals surface area contributed by atoms with E-state index in [0.29, 0.717) is 13.2 Å². The van der Waals surface area contributed by atoms with Crippen LogP contribution >= 0.6 is 24.0 Å². The van der Waals surface area contributed by atoms with Gasteiger partial charge in [0.2, 0.25) is 0 Å². The molecule has 0 aromatic heterocycles. The number of ether oxygens (including phenoxy) is 1. The predicted molar refractivity (Wildman–Crippen MR) is 106 cm³/mol. The van der Waals surface area contributed by atoms with E-state index in [1.54, 1.807) is 0 Å². The Balaban J connectivity index is 0. The van der Waals surface area contributed by atoms with Crippen molar-refractivity contribution in [2.75, 3.05) is 33.8 Å². The highest BCUT2D eigenvalue weighted by atomic mass is 127. The van der Waals surface area contributed by atoms with Crippen LogP contribution in [0.15, 0.2) is 0 Å². The number of hydrogen-bond acceptors (Lipinski definition) is 2. The number of carbonyl (C=O) groups is 1. The van der Waals surface area contributed by atoms with Gasteiger partial charge in [0, 0.05) is 0 Å². The second kappa shape index (κ2) is 16.0. The molecule has 0 N–H and O–H groups in total. The van der Waals surface area contributed by atoms with Crippen LogP contribution in [0.3, 0.4) is 0 Å². The van der Waals surface area contributed by atoms with E-state index in [-0.39, 0.29) is 29.9 Å². The highest BCUT2D eigenvalue weighted by molar-refractivity contribution is 14.0. The largest absolute Gasteiger partial charge is 0.462 e. The van der Waals surface area contributed by atoms with Crippen molar-refractivity contribution in [2.45, 2.75) is 78.1 Å². The third-order valence-electron chi connectivity index (χ3n) is 3.98. The third kappa shape index (κ3) is 16.5. The molecule has 0 fully saturated rings. The van der Waals surface area contributed by atoms with Gasteiger partial charge >= 0.3 is 5.97 Å². The summed E-state index contributed by atoms with van der Waals surface area (Å²) in [5.74, 6) is -0.0745. The molecule has 22 heavy (non-hydrogen) atoms. The first kappa shape index (κ1) is 24.4. The van der Waals surface area contributed by atoms with E-state index in [1.807, 2.05) is 6.92 Å². The minimum Gasteiger partial charge on any atom is -0.462 e. The summed E-state index contributed by atoms with van der Waals surface area (Å²) < 4.78 is 5.77. The van der Waals surface area contributed by atoms with Crippen molar-refractivity contribution in [1.82, 2.24) is 0 Å². The van der Waals surface area contributed by atoms with E-state index in [9.17, 15) is 4.79 Å². The molecular formula is C18H39INO2+. The number of halogens is 1. The molecule has 0 unspecified atom stereocenters. The lowest BCUT2D eigenvalue weighted by molar-refractivity contribution is -0.883. The molecule has 0 saturated heterocycles. The highest BCUT2D eigenvalue weighted by Crippen LogP contribution is 2.11. The third-order valence-corrected chi connectivity index (χ3v) is 3.98. The number of nitrogens with zero attached hydrogens (tertiary/aromatic N) is 1. The van der Waals surface area contributed by atoms with Gasteiger partial charge in [-0.1, -0.05) is 58.3 Å². The molecule has 134 valence electrons. The molecule has 0 aliphatic heterocycles. The van der Waals surface area contributed by atoms with Crippen LogP contribution in [-0.4, -0.2) is 44.2 Å². The number of hydrogen-bond donors (Lipinski definition) is 0. The lowest BCUT2D eigenvalue weighted by Crippen LogP contribution is -2.45. The van der Waals surface area contributed by atoms with Gasteiger partial charge in [-0.15, -0.1) is 24.0 Å².